The minimum Gasteiger partial charge on any atom is -0.496 e. The van der Waals surface area contributed by atoms with Gasteiger partial charge in [0.15, 0.2) is 0 Å². The van der Waals surface area contributed by atoms with E-state index in [2.05, 4.69) is 21.2 Å². The smallest absolute Gasteiger partial charge is 0.262 e. The van der Waals surface area contributed by atoms with Crippen LogP contribution in [0.5, 0.6) is 5.75 Å². The van der Waals surface area contributed by atoms with Crippen LogP contribution in [0, 0.1) is 11.3 Å². The van der Waals surface area contributed by atoms with E-state index in [0.717, 1.165) is 4.47 Å². The highest BCUT2D eigenvalue weighted by Crippen LogP contribution is 2.25. The van der Waals surface area contributed by atoms with Crippen molar-refractivity contribution in [3.05, 3.63) is 58.0 Å². The van der Waals surface area contributed by atoms with Crippen molar-refractivity contribution in [1.29, 1.82) is 5.26 Å². The molecule has 0 aliphatic rings. The molecule has 0 saturated carbocycles. The molecule has 22 heavy (non-hydrogen) atoms. The van der Waals surface area contributed by atoms with Crippen LogP contribution in [-0.4, -0.2) is 13.0 Å². The summed E-state index contributed by atoms with van der Waals surface area (Å²) in [6.45, 7) is 0.223. The van der Waals surface area contributed by atoms with Crippen LogP contribution < -0.4 is 10.1 Å². The molecule has 0 atom stereocenters. The van der Waals surface area contributed by atoms with E-state index in [1.165, 1.54) is 19.4 Å². The Labute approximate surface area is 136 Å². The summed E-state index contributed by atoms with van der Waals surface area (Å²) >= 11 is 3.35. The van der Waals surface area contributed by atoms with Gasteiger partial charge in [0.05, 0.1) is 19.9 Å². The lowest BCUT2D eigenvalue weighted by Crippen LogP contribution is -2.23. The minimum atomic E-state index is -0.471. The lowest BCUT2D eigenvalue weighted by Gasteiger charge is -2.06. The summed E-state index contributed by atoms with van der Waals surface area (Å²) in [7, 11) is 1.53. The molecule has 0 bridgehead atoms. The Balaban J connectivity index is 2.18. The highest BCUT2D eigenvalue weighted by molar-refractivity contribution is 9.10. The molecule has 5 nitrogen and oxygen atoms in total. The van der Waals surface area contributed by atoms with E-state index in [-0.39, 0.29) is 12.1 Å². The SMILES string of the molecule is COc1ccc(Br)cc1/C=C(\C#N)C(=O)NCc1ccco1. The van der Waals surface area contributed by atoms with Gasteiger partial charge < -0.3 is 14.5 Å². The fraction of sp³-hybridized carbons (Fsp3) is 0.125. The standard InChI is InChI=1S/C16H13BrN2O3/c1-21-15-5-4-13(17)8-11(15)7-12(9-18)16(20)19-10-14-3-2-6-22-14/h2-8H,10H2,1H3,(H,19,20)/b12-7+. The first-order chi connectivity index (χ1) is 10.6. The second kappa shape index (κ2) is 7.48. The second-order valence-corrected chi connectivity index (χ2v) is 5.23. The van der Waals surface area contributed by atoms with E-state index >= 15 is 0 Å². The maximum absolute atomic E-state index is 12.1. The molecular formula is C16H13BrN2O3. The molecule has 2 rings (SSSR count). The third kappa shape index (κ3) is 3.99. The van der Waals surface area contributed by atoms with Crippen molar-refractivity contribution in [3.63, 3.8) is 0 Å². The number of carbonyl (C=O) groups is 1. The monoisotopic (exact) mass is 360 g/mol. The number of hydrogen-bond acceptors (Lipinski definition) is 4. The summed E-state index contributed by atoms with van der Waals surface area (Å²) < 4.78 is 11.2. The van der Waals surface area contributed by atoms with E-state index in [0.29, 0.717) is 17.1 Å². The maximum atomic E-state index is 12.1. The first-order valence-electron chi connectivity index (χ1n) is 6.40. The fourth-order valence-corrected chi connectivity index (χ4v) is 2.18. The quantitative estimate of drug-likeness (QED) is 0.655. The van der Waals surface area contributed by atoms with Crippen LogP contribution in [0.1, 0.15) is 11.3 Å². The number of nitriles is 1. The van der Waals surface area contributed by atoms with Crippen molar-refractivity contribution >= 4 is 27.9 Å². The lowest BCUT2D eigenvalue weighted by molar-refractivity contribution is -0.117. The van der Waals surface area contributed by atoms with Gasteiger partial charge in [0.1, 0.15) is 23.2 Å². The van der Waals surface area contributed by atoms with Gasteiger partial charge in [0, 0.05) is 10.0 Å². The van der Waals surface area contributed by atoms with Crippen molar-refractivity contribution < 1.29 is 13.9 Å². The van der Waals surface area contributed by atoms with Gasteiger partial charge in [-0.25, -0.2) is 0 Å². The summed E-state index contributed by atoms with van der Waals surface area (Å²) in [6, 6.07) is 10.7. The van der Waals surface area contributed by atoms with Crippen LogP contribution in [0.25, 0.3) is 6.08 Å². The number of carbonyl (C=O) groups excluding carboxylic acids is 1. The molecule has 0 unspecified atom stereocenters. The molecule has 2 aromatic rings. The van der Waals surface area contributed by atoms with Crippen LogP contribution in [0.15, 0.2) is 51.1 Å². The average Bonchev–Trinajstić information content (AvgIpc) is 3.04. The Bertz CT molecular complexity index is 730. The van der Waals surface area contributed by atoms with Gasteiger partial charge in [-0.1, -0.05) is 15.9 Å². The van der Waals surface area contributed by atoms with E-state index in [1.807, 2.05) is 12.1 Å². The van der Waals surface area contributed by atoms with Gasteiger partial charge in [0.25, 0.3) is 5.91 Å². The predicted molar refractivity (Wildman–Crippen MR) is 84.8 cm³/mol. The third-order valence-corrected chi connectivity index (χ3v) is 3.35. The van der Waals surface area contributed by atoms with E-state index in [4.69, 9.17) is 9.15 Å². The van der Waals surface area contributed by atoms with Crippen LogP contribution in [0.4, 0.5) is 0 Å². The molecule has 0 fully saturated rings. The lowest BCUT2D eigenvalue weighted by atomic mass is 10.1. The summed E-state index contributed by atoms with van der Waals surface area (Å²) in [5, 5.41) is 11.8. The molecule has 0 spiro atoms. The number of benzene rings is 1. The van der Waals surface area contributed by atoms with Crippen molar-refractivity contribution in [2.45, 2.75) is 6.54 Å². The van der Waals surface area contributed by atoms with Gasteiger partial charge in [-0.3, -0.25) is 4.79 Å². The molecule has 1 amide bonds. The van der Waals surface area contributed by atoms with Gasteiger partial charge >= 0.3 is 0 Å². The molecule has 1 aromatic heterocycles. The predicted octanol–water partition coefficient (Wildman–Crippen LogP) is 3.27. The average molecular weight is 361 g/mol. The van der Waals surface area contributed by atoms with E-state index in [9.17, 15) is 10.1 Å². The zero-order valence-corrected chi connectivity index (χ0v) is 13.4. The van der Waals surface area contributed by atoms with Crippen molar-refractivity contribution in [1.82, 2.24) is 5.32 Å². The molecule has 0 aliphatic heterocycles. The van der Waals surface area contributed by atoms with Crippen LogP contribution >= 0.6 is 15.9 Å². The highest BCUT2D eigenvalue weighted by atomic mass is 79.9. The van der Waals surface area contributed by atoms with Crippen molar-refractivity contribution in [3.8, 4) is 11.8 Å². The molecule has 1 N–H and O–H groups in total. The number of rotatable bonds is 5. The number of nitrogens with zero attached hydrogens (tertiary/aromatic N) is 1. The molecular weight excluding hydrogens is 348 g/mol. The Kier molecular flexibility index (Phi) is 5.39. The number of ether oxygens (including phenoxy) is 1. The van der Waals surface area contributed by atoms with Crippen LogP contribution in [-0.2, 0) is 11.3 Å². The summed E-state index contributed by atoms with van der Waals surface area (Å²) in [5.41, 5.74) is 0.629. The van der Waals surface area contributed by atoms with Gasteiger partial charge in [-0.05, 0) is 36.4 Å². The second-order valence-electron chi connectivity index (χ2n) is 4.32. The van der Waals surface area contributed by atoms with Crippen LogP contribution in [0.2, 0.25) is 0 Å². The Morgan fingerprint density at radius 2 is 2.32 bits per heavy atom. The molecule has 1 aromatic carbocycles. The zero-order valence-electron chi connectivity index (χ0n) is 11.8. The fourth-order valence-electron chi connectivity index (χ4n) is 1.80. The van der Waals surface area contributed by atoms with E-state index in [1.54, 1.807) is 24.3 Å². The molecule has 112 valence electrons. The summed E-state index contributed by atoms with van der Waals surface area (Å²) in [6.07, 6.45) is 3.01. The van der Waals surface area contributed by atoms with Crippen molar-refractivity contribution in [2.75, 3.05) is 7.11 Å². The Hall–Kier alpha value is -2.52. The maximum Gasteiger partial charge on any atom is 0.262 e. The van der Waals surface area contributed by atoms with Gasteiger partial charge in [0.2, 0.25) is 0 Å². The molecule has 0 aliphatic carbocycles. The molecule has 6 heteroatoms. The number of furan rings is 1. The topological polar surface area (TPSA) is 75.3 Å². The largest absolute Gasteiger partial charge is 0.496 e. The number of methoxy groups -OCH3 is 1. The first kappa shape index (κ1) is 15.9. The van der Waals surface area contributed by atoms with E-state index < -0.39 is 5.91 Å². The summed E-state index contributed by atoms with van der Waals surface area (Å²) in [5.74, 6) is 0.724. The normalized spacial score (nSPS) is 10.9. The zero-order chi connectivity index (χ0) is 15.9. The number of hydrogen-bond donors (Lipinski definition) is 1. The Morgan fingerprint density at radius 3 is 2.95 bits per heavy atom. The number of halogens is 1. The minimum absolute atomic E-state index is 0.0112. The first-order valence-corrected chi connectivity index (χ1v) is 7.19. The summed E-state index contributed by atoms with van der Waals surface area (Å²) in [4.78, 5) is 12.1. The third-order valence-electron chi connectivity index (χ3n) is 2.86. The Morgan fingerprint density at radius 1 is 1.50 bits per heavy atom. The molecule has 1 heterocycles. The molecule has 0 saturated heterocycles. The van der Waals surface area contributed by atoms with Gasteiger partial charge in [-0.2, -0.15) is 5.26 Å². The van der Waals surface area contributed by atoms with Crippen LogP contribution in [0.3, 0.4) is 0 Å². The number of amides is 1. The molecule has 0 radical (unpaired) electrons. The van der Waals surface area contributed by atoms with Crippen molar-refractivity contribution in [2.24, 2.45) is 0 Å². The highest BCUT2D eigenvalue weighted by Gasteiger charge is 2.11. The van der Waals surface area contributed by atoms with Gasteiger partial charge in [-0.15, -0.1) is 0 Å². The number of nitrogens with one attached hydrogen (secondary N) is 1.